The molecule has 0 aliphatic carbocycles. The second-order valence-electron chi connectivity index (χ2n) is 10.2. The van der Waals surface area contributed by atoms with Gasteiger partial charge in [0.25, 0.3) is 0 Å². The summed E-state index contributed by atoms with van der Waals surface area (Å²) in [5.41, 5.74) is 1.46. The zero-order valence-electron chi connectivity index (χ0n) is 24.8. The van der Waals surface area contributed by atoms with Crippen molar-refractivity contribution < 1.29 is 47.3 Å². The molecule has 0 unspecified atom stereocenters. The largest absolute Gasteiger partial charge is 0.463 e. The van der Waals surface area contributed by atoms with Crippen molar-refractivity contribution >= 4 is 57.6 Å². The molecule has 4 aromatic rings. The number of para-hydroxylation sites is 3. The summed E-state index contributed by atoms with van der Waals surface area (Å²) in [5, 5.41) is 1.12. The van der Waals surface area contributed by atoms with Crippen LogP contribution in [0.2, 0.25) is 0 Å². The highest BCUT2D eigenvalue weighted by molar-refractivity contribution is 7.98. The van der Waals surface area contributed by atoms with E-state index in [1.54, 1.807) is 47.0 Å². The van der Waals surface area contributed by atoms with Gasteiger partial charge in [-0.25, -0.2) is 9.78 Å². The number of ether oxygens (including phenoxy) is 5. The van der Waals surface area contributed by atoms with Gasteiger partial charge in [0.1, 0.15) is 18.3 Å². The highest BCUT2D eigenvalue weighted by Gasteiger charge is 2.53. The molecule has 1 aliphatic heterocycles. The summed E-state index contributed by atoms with van der Waals surface area (Å²) in [6.45, 7) is 4.32. The SMILES string of the molecule is CC(=O)OC[C@H]1O[C@@H](n2c(SCc3cc4ccccc4oc3=O)nc3ccccc32)[C@H](OC(C)=O)[C@@H](OC(C)=O)[C@@H]1OC(C)=O. The van der Waals surface area contributed by atoms with Crippen LogP contribution in [0.1, 0.15) is 39.5 Å². The number of carbonyl (C=O) groups is 4. The molecule has 2 aromatic heterocycles. The molecule has 1 saturated heterocycles. The Morgan fingerprint density at radius 2 is 1.49 bits per heavy atom. The van der Waals surface area contributed by atoms with Crippen LogP contribution >= 0.6 is 11.8 Å². The van der Waals surface area contributed by atoms with E-state index in [4.69, 9.17) is 33.1 Å². The van der Waals surface area contributed by atoms with Gasteiger partial charge in [-0.15, -0.1) is 0 Å². The van der Waals surface area contributed by atoms with E-state index in [0.29, 0.717) is 27.3 Å². The molecule has 5 rings (SSSR count). The van der Waals surface area contributed by atoms with Gasteiger partial charge in [0.15, 0.2) is 29.7 Å². The van der Waals surface area contributed by atoms with Crippen molar-refractivity contribution in [3.05, 3.63) is 70.6 Å². The van der Waals surface area contributed by atoms with Gasteiger partial charge in [-0.3, -0.25) is 23.7 Å². The van der Waals surface area contributed by atoms with Crippen LogP contribution in [0.25, 0.3) is 22.0 Å². The Bertz CT molecular complexity index is 1820. The molecule has 0 radical (unpaired) electrons. The molecule has 236 valence electrons. The molecule has 13 nitrogen and oxygen atoms in total. The predicted molar refractivity (Wildman–Crippen MR) is 159 cm³/mol. The number of fused-ring (bicyclic) bond motifs is 2. The lowest BCUT2D eigenvalue weighted by molar-refractivity contribution is -0.269. The van der Waals surface area contributed by atoms with Crippen LogP contribution in [0.5, 0.6) is 0 Å². The lowest BCUT2D eigenvalue weighted by atomic mass is 9.97. The maximum absolute atomic E-state index is 12.8. The molecule has 0 N–H and O–H groups in total. The van der Waals surface area contributed by atoms with Gasteiger partial charge >= 0.3 is 29.5 Å². The van der Waals surface area contributed by atoms with Gasteiger partial charge in [-0.1, -0.05) is 42.1 Å². The summed E-state index contributed by atoms with van der Waals surface area (Å²) in [5.74, 6) is -2.66. The van der Waals surface area contributed by atoms with E-state index < -0.39 is 60.1 Å². The highest BCUT2D eigenvalue weighted by Crippen LogP contribution is 2.39. The number of esters is 4. The van der Waals surface area contributed by atoms with Crippen molar-refractivity contribution in [2.24, 2.45) is 0 Å². The number of imidazole rings is 1. The predicted octanol–water partition coefficient (Wildman–Crippen LogP) is 3.69. The second kappa shape index (κ2) is 13.5. The standard InChI is InChI=1S/C31H30N2O11S/c1-16(34)39-14-25-26(40-17(2)35)27(41-18(3)36)28(42-19(4)37)29(43-25)33-23-11-7-6-10-22(23)32-31(33)45-15-21-13-20-9-5-8-12-24(20)44-30(21)38/h5-13,25-29H,14-15H2,1-4H3/t25-,26-,27+,28-,29-/m1/s1. The molecule has 14 heteroatoms. The van der Waals surface area contributed by atoms with Crippen molar-refractivity contribution in [1.29, 1.82) is 0 Å². The average molecular weight is 639 g/mol. The van der Waals surface area contributed by atoms with E-state index in [0.717, 1.165) is 19.2 Å². The minimum absolute atomic E-state index is 0.155. The van der Waals surface area contributed by atoms with Gasteiger partial charge in [0.05, 0.1) is 11.0 Å². The minimum Gasteiger partial charge on any atom is -0.463 e. The fourth-order valence-corrected chi connectivity index (χ4v) is 6.12. The summed E-state index contributed by atoms with van der Waals surface area (Å²) >= 11 is 1.20. The Hall–Kier alpha value is -4.69. The molecule has 0 bridgehead atoms. The number of hydrogen-bond acceptors (Lipinski definition) is 13. The summed E-state index contributed by atoms with van der Waals surface area (Å²) in [6.07, 6.45) is -6.37. The molecule has 1 aliphatic rings. The first-order valence-electron chi connectivity index (χ1n) is 13.9. The van der Waals surface area contributed by atoms with Crippen molar-refractivity contribution in [3.8, 4) is 0 Å². The Morgan fingerprint density at radius 1 is 0.844 bits per heavy atom. The number of carbonyl (C=O) groups excluding carboxylic acids is 4. The molecular formula is C31H30N2O11S. The van der Waals surface area contributed by atoms with Crippen molar-refractivity contribution in [3.63, 3.8) is 0 Å². The average Bonchev–Trinajstić information content (AvgIpc) is 3.34. The molecule has 45 heavy (non-hydrogen) atoms. The Balaban J connectivity index is 1.61. The van der Waals surface area contributed by atoms with E-state index in [1.807, 2.05) is 12.1 Å². The Labute approximate surface area is 260 Å². The van der Waals surface area contributed by atoms with Crippen LogP contribution in [0.3, 0.4) is 0 Å². The maximum Gasteiger partial charge on any atom is 0.340 e. The van der Waals surface area contributed by atoms with Crippen molar-refractivity contribution in [2.45, 2.75) is 69.2 Å². The fraction of sp³-hybridized carbons (Fsp3) is 0.355. The lowest BCUT2D eigenvalue weighted by Gasteiger charge is -2.45. The van der Waals surface area contributed by atoms with E-state index >= 15 is 0 Å². The summed E-state index contributed by atoms with van der Waals surface area (Å²) in [6, 6.07) is 16.0. The smallest absolute Gasteiger partial charge is 0.340 e. The summed E-state index contributed by atoms with van der Waals surface area (Å²) in [7, 11) is 0. The Kier molecular flexibility index (Phi) is 9.54. The van der Waals surface area contributed by atoms with E-state index in [-0.39, 0.29) is 12.4 Å². The monoisotopic (exact) mass is 638 g/mol. The second-order valence-corrected chi connectivity index (χ2v) is 11.2. The molecule has 0 saturated carbocycles. The topological polar surface area (TPSA) is 162 Å². The molecule has 0 spiro atoms. The molecule has 3 heterocycles. The molecule has 0 amide bonds. The first kappa shape index (κ1) is 31.7. The van der Waals surface area contributed by atoms with Gasteiger partial charge < -0.3 is 28.1 Å². The van der Waals surface area contributed by atoms with Crippen LogP contribution in [0.15, 0.2) is 69.0 Å². The Morgan fingerprint density at radius 3 is 2.20 bits per heavy atom. The third-order valence-corrected chi connectivity index (χ3v) is 7.86. The van der Waals surface area contributed by atoms with Gasteiger partial charge in [-0.05, 0) is 24.3 Å². The normalized spacial score (nSPS) is 21.3. The van der Waals surface area contributed by atoms with Crippen LogP contribution in [0, 0.1) is 0 Å². The van der Waals surface area contributed by atoms with Crippen LogP contribution < -0.4 is 5.63 Å². The number of nitrogens with zero attached hydrogens (tertiary/aromatic N) is 2. The molecule has 5 atom stereocenters. The lowest BCUT2D eigenvalue weighted by Crippen LogP contribution is -2.60. The molecule has 1 fully saturated rings. The molecule has 2 aromatic carbocycles. The van der Waals surface area contributed by atoms with Gasteiger partial charge in [0.2, 0.25) is 0 Å². The highest BCUT2D eigenvalue weighted by atomic mass is 32.2. The van der Waals surface area contributed by atoms with Crippen LogP contribution in [0.4, 0.5) is 0 Å². The third kappa shape index (κ3) is 7.18. The van der Waals surface area contributed by atoms with Crippen molar-refractivity contribution in [1.82, 2.24) is 9.55 Å². The first-order chi connectivity index (χ1) is 21.5. The third-order valence-electron chi connectivity index (χ3n) is 6.85. The number of benzene rings is 2. The van der Waals surface area contributed by atoms with E-state index in [1.165, 1.54) is 25.6 Å². The van der Waals surface area contributed by atoms with Crippen molar-refractivity contribution in [2.75, 3.05) is 6.61 Å². The number of thioether (sulfide) groups is 1. The first-order valence-corrected chi connectivity index (χ1v) is 14.9. The quantitative estimate of drug-likeness (QED) is 0.113. The van der Waals surface area contributed by atoms with Crippen LogP contribution in [-0.2, 0) is 48.6 Å². The zero-order chi connectivity index (χ0) is 32.2. The zero-order valence-corrected chi connectivity index (χ0v) is 25.6. The van der Waals surface area contributed by atoms with E-state index in [2.05, 4.69) is 0 Å². The minimum atomic E-state index is -1.36. The van der Waals surface area contributed by atoms with Gasteiger partial charge in [-0.2, -0.15) is 0 Å². The number of hydrogen-bond donors (Lipinski definition) is 0. The van der Waals surface area contributed by atoms with E-state index in [9.17, 15) is 24.0 Å². The maximum atomic E-state index is 12.8. The fourth-order valence-electron chi connectivity index (χ4n) is 5.13. The molecular weight excluding hydrogens is 608 g/mol. The summed E-state index contributed by atoms with van der Waals surface area (Å²) in [4.78, 5) is 66.2. The summed E-state index contributed by atoms with van der Waals surface area (Å²) < 4.78 is 35.6. The van der Waals surface area contributed by atoms with Crippen LogP contribution in [-0.4, -0.2) is 64.5 Å². The number of aromatic nitrogens is 2. The number of rotatable bonds is 9. The van der Waals surface area contributed by atoms with Gasteiger partial charge in [0, 0.05) is 44.4 Å².